The van der Waals surface area contributed by atoms with Crippen molar-refractivity contribution in [2.75, 3.05) is 39.5 Å². The summed E-state index contributed by atoms with van der Waals surface area (Å²) in [6.07, 6.45) is -14.0. The molecule has 2 rings (SSSR count). The molecule has 0 spiro atoms. The van der Waals surface area contributed by atoms with Crippen LogP contribution in [0.3, 0.4) is 0 Å². The van der Waals surface area contributed by atoms with Gasteiger partial charge in [0.25, 0.3) is 0 Å². The monoisotopic (exact) mass is 441 g/mol. The van der Waals surface area contributed by atoms with Gasteiger partial charge in [0.2, 0.25) is 0 Å². The number of aliphatic hydroxyl groups excluding tert-OH is 7. The third-order valence-corrected chi connectivity index (χ3v) is 5.55. The van der Waals surface area contributed by atoms with Crippen molar-refractivity contribution in [3.63, 3.8) is 0 Å². The van der Waals surface area contributed by atoms with Gasteiger partial charge in [-0.05, 0) is 13.1 Å². The van der Waals surface area contributed by atoms with Crippen LogP contribution < -0.4 is 0 Å². The van der Waals surface area contributed by atoms with Gasteiger partial charge in [0, 0.05) is 6.54 Å². The Bertz CT molecular complexity index is 497. The van der Waals surface area contributed by atoms with Gasteiger partial charge in [-0.3, -0.25) is 0 Å². The van der Waals surface area contributed by atoms with E-state index in [-0.39, 0.29) is 13.2 Å². The van der Waals surface area contributed by atoms with Crippen LogP contribution in [0, 0.1) is 0 Å². The quantitative estimate of drug-likeness (QED) is 0.175. The van der Waals surface area contributed by atoms with Crippen LogP contribution in [0.25, 0.3) is 0 Å². The Morgan fingerprint density at radius 1 is 0.767 bits per heavy atom. The number of likely N-dealkylation sites (N-methyl/N-ethyl adjacent to an activating group) is 1. The summed E-state index contributed by atoms with van der Waals surface area (Å²) in [7, 11) is 0. The van der Waals surface area contributed by atoms with Gasteiger partial charge in [-0.25, -0.2) is 0 Å². The van der Waals surface area contributed by atoms with E-state index in [0.717, 1.165) is 13.1 Å². The lowest BCUT2D eigenvalue weighted by Crippen LogP contribution is -2.62. The second kappa shape index (κ2) is 11.9. The summed E-state index contributed by atoms with van der Waals surface area (Å²) in [5.74, 6) is 0. The van der Waals surface area contributed by atoms with Crippen molar-refractivity contribution in [1.29, 1.82) is 0 Å². The molecule has 12 nitrogen and oxygen atoms in total. The number of hydrogen-bond donors (Lipinski definition) is 7. The topological polar surface area (TPSA) is 182 Å². The molecule has 2 saturated heterocycles. The van der Waals surface area contributed by atoms with Gasteiger partial charge in [0.15, 0.2) is 12.6 Å². The SMILES string of the molecule is CCN(CC)CCO[C@H]1[C@@H](OC[C@H]2O[C@H](O)[C@H](O)[C@@H](O)[C@@H]2O)O[C@H](CO)[C@@H](O)[C@@H]1O. The highest BCUT2D eigenvalue weighted by Gasteiger charge is 2.47. The molecular weight excluding hydrogens is 406 g/mol. The summed E-state index contributed by atoms with van der Waals surface area (Å²) in [4.78, 5) is 2.10. The first kappa shape index (κ1) is 25.8. The molecule has 0 radical (unpaired) electrons. The molecule has 2 aliphatic rings. The minimum Gasteiger partial charge on any atom is -0.394 e. The van der Waals surface area contributed by atoms with E-state index in [1.165, 1.54) is 0 Å². The predicted molar refractivity (Wildman–Crippen MR) is 100 cm³/mol. The summed E-state index contributed by atoms with van der Waals surface area (Å²) in [6, 6.07) is 0. The van der Waals surface area contributed by atoms with E-state index in [4.69, 9.17) is 18.9 Å². The minimum absolute atomic E-state index is 0.218. The Hall–Kier alpha value is -0.480. The largest absolute Gasteiger partial charge is 0.394 e. The Balaban J connectivity index is 2.01. The summed E-state index contributed by atoms with van der Waals surface area (Å²) in [5, 5.41) is 69.0. The Morgan fingerprint density at radius 3 is 2.00 bits per heavy atom. The van der Waals surface area contributed by atoms with Crippen molar-refractivity contribution >= 4 is 0 Å². The van der Waals surface area contributed by atoms with Crippen LogP contribution in [0.15, 0.2) is 0 Å². The molecular formula is C18H35NO11. The minimum atomic E-state index is -1.72. The van der Waals surface area contributed by atoms with E-state index in [1.807, 2.05) is 13.8 Å². The van der Waals surface area contributed by atoms with Gasteiger partial charge < -0.3 is 59.6 Å². The normalized spacial score (nSPS) is 42.6. The molecule has 0 saturated carbocycles. The lowest BCUT2D eigenvalue weighted by molar-refractivity contribution is -0.331. The van der Waals surface area contributed by atoms with E-state index >= 15 is 0 Å². The van der Waals surface area contributed by atoms with Crippen LogP contribution in [-0.2, 0) is 18.9 Å². The average Bonchev–Trinajstić information content (AvgIpc) is 2.74. The predicted octanol–water partition coefficient (Wildman–Crippen LogP) is -4.03. The second-order valence-electron chi connectivity index (χ2n) is 7.44. The van der Waals surface area contributed by atoms with Gasteiger partial charge in [0.1, 0.15) is 48.8 Å². The van der Waals surface area contributed by atoms with Gasteiger partial charge >= 0.3 is 0 Å². The van der Waals surface area contributed by atoms with Crippen molar-refractivity contribution in [2.24, 2.45) is 0 Å². The molecule has 0 bridgehead atoms. The molecule has 2 heterocycles. The number of nitrogens with zero attached hydrogens (tertiary/aromatic N) is 1. The van der Waals surface area contributed by atoms with Crippen LogP contribution in [0.1, 0.15) is 13.8 Å². The number of hydrogen-bond acceptors (Lipinski definition) is 12. The smallest absolute Gasteiger partial charge is 0.187 e. The first-order chi connectivity index (χ1) is 14.2. The third-order valence-electron chi connectivity index (χ3n) is 5.55. The number of aliphatic hydroxyl groups is 7. The molecule has 0 aromatic carbocycles. The van der Waals surface area contributed by atoms with Crippen molar-refractivity contribution in [2.45, 2.75) is 75.3 Å². The highest BCUT2D eigenvalue weighted by Crippen LogP contribution is 2.26. The molecule has 0 aromatic heterocycles. The fraction of sp³-hybridized carbons (Fsp3) is 1.00. The van der Waals surface area contributed by atoms with Crippen molar-refractivity contribution in [3.05, 3.63) is 0 Å². The number of rotatable bonds is 10. The molecule has 2 aliphatic heterocycles. The van der Waals surface area contributed by atoms with E-state index in [9.17, 15) is 35.7 Å². The van der Waals surface area contributed by atoms with E-state index < -0.39 is 68.0 Å². The molecule has 2 fully saturated rings. The van der Waals surface area contributed by atoms with Crippen LogP contribution in [0.2, 0.25) is 0 Å². The maximum atomic E-state index is 10.4. The van der Waals surface area contributed by atoms with Crippen molar-refractivity contribution in [3.8, 4) is 0 Å². The molecule has 12 heteroatoms. The lowest BCUT2D eigenvalue weighted by atomic mass is 9.98. The van der Waals surface area contributed by atoms with Crippen LogP contribution in [0.5, 0.6) is 0 Å². The van der Waals surface area contributed by atoms with Crippen molar-refractivity contribution in [1.82, 2.24) is 4.90 Å². The third kappa shape index (κ3) is 6.06. The standard InChI is InChI=1S/C18H35NO11/c1-3-19(4-2)5-6-27-16-14(24)11(21)9(7-20)30-18(16)28-8-10-12(22)13(23)15(25)17(26)29-10/h9-18,20-26H,3-8H2,1-2H3/t9-,10-,11-,12-,13+,14+,15-,16-,17+,18+/m1/s1. The van der Waals surface area contributed by atoms with Crippen LogP contribution >= 0.6 is 0 Å². The lowest BCUT2D eigenvalue weighted by Gasteiger charge is -2.43. The van der Waals surface area contributed by atoms with E-state index in [1.54, 1.807) is 0 Å². The first-order valence-corrected chi connectivity index (χ1v) is 10.2. The van der Waals surface area contributed by atoms with Crippen LogP contribution in [-0.4, -0.2) is 142 Å². The van der Waals surface area contributed by atoms with Gasteiger partial charge in [-0.2, -0.15) is 0 Å². The molecule has 0 aliphatic carbocycles. The summed E-state index contributed by atoms with van der Waals surface area (Å²) in [5.41, 5.74) is 0. The van der Waals surface area contributed by atoms with Gasteiger partial charge in [-0.1, -0.05) is 13.8 Å². The Labute approximate surface area is 175 Å². The number of ether oxygens (including phenoxy) is 4. The van der Waals surface area contributed by atoms with E-state index in [0.29, 0.717) is 6.54 Å². The maximum absolute atomic E-state index is 10.4. The molecule has 0 aromatic rings. The highest BCUT2D eigenvalue weighted by molar-refractivity contribution is 4.92. The zero-order valence-electron chi connectivity index (χ0n) is 17.2. The van der Waals surface area contributed by atoms with Gasteiger partial charge in [-0.15, -0.1) is 0 Å². The van der Waals surface area contributed by atoms with Crippen LogP contribution in [0.4, 0.5) is 0 Å². The average molecular weight is 441 g/mol. The maximum Gasteiger partial charge on any atom is 0.187 e. The second-order valence-corrected chi connectivity index (χ2v) is 7.44. The summed E-state index contributed by atoms with van der Waals surface area (Å²) >= 11 is 0. The Morgan fingerprint density at radius 2 is 1.40 bits per heavy atom. The molecule has 0 amide bonds. The molecule has 178 valence electrons. The fourth-order valence-corrected chi connectivity index (χ4v) is 3.48. The van der Waals surface area contributed by atoms with Gasteiger partial charge in [0.05, 0.1) is 19.8 Å². The first-order valence-electron chi connectivity index (χ1n) is 10.2. The molecule has 30 heavy (non-hydrogen) atoms. The van der Waals surface area contributed by atoms with E-state index in [2.05, 4.69) is 4.90 Å². The Kier molecular flexibility index (Phi) is 10.3. The molecule has 0 unspecified atom stereocenters. The summed E-state index contributed by atoms with van der Waals surface area (Å²) in [6.45, 7) is 5.45. The fourth-order valence-electron chi connectivity index (χ4n) is 3.48. The highest BCUT2D eigenvalue weighted by atomic mass is 16.7. The summed E-state index contributed by atoms with van der Waals surface area (Å²) < 4.78 is 21.8. The molecule has 7 N–H and O–H groups in total. The van der Waals surface area contributed by atoms with Crippen molar-refractivity contribution < 1.29 is 54.7 Å². The molecule has 10 atom stereocenters. The zero-order chi connectivity index (χ0) is 22.4. The zero-order valence-corrected chi connectivity index (χ0v) is 17.2.